The van der Waals surface area contributed by atoms with Gasteiger partial charge in [-0.25, -0.2) is 0 Å². The Balaban J connectivity index is 0.000000467. The average molecular weight is 415 g/mol. The molecule has 2 rings (SSSR count). The number of phenols is 2. The van der Waals surface area contributed by atoms with Gasteiger partial charge in [0.05, 0.1) is 6.61 Å². The van der Waals surface area contributed by atoms with E-state index in [2.05, 4.69) is 6.92 Å². The maximum absolute atomic E-state index is 9.19. The van der Waals surface area contributed by atoms with Crippen molar-refractivity contribution in [2.45, 2.75) is 90.9 Å². The first-order valence-corrected chi connectivity index (χ1v) is 11.8. The fraction of sp³-hybridized carbons (Fsp3) is 0.556. The summed E-state index contributed by atoms with van der Waals surface area (Å²) in [5.74, 6) is 1.48. The van der Waals surface area contributed by atoms with Gasteiger partial charge in [0.25, 0.3) is 0 Å². The molecule has 0 bridgehead atoms. The predicted octanol–water partition coefficient (Wildman–Crippen LogP) is 8.17. The number of ether oxygens (including phenoxy) is 1. The maximum atomic E-state index is 9.19. The van der Waals surface area contributed by atoms with Gasteiger partial charge in [0.2, 0.25) is 0 Å². The van der Waals surface area contributed by atoms with E-state index in [0.717, 1.165) is 24.3 Å². The third-order valence-corrected chi connectivity index (χ3v) is 5.10. The molecular weight excluding hydrogens is 372 g/mol. The molecule has 0 heterocycles. The third kappa shape index (κ3) is 14.8. The SMILES string of the molecule is CCCCCCCCCCCCCCOc1ccc(O)cc1.Cc1cccc(O)c1. The minimum Gasteiger partial charge on any atom is -0.508 e. The van der Waals surface area contributed by atoms with Crippen molar-refractivity contribution in [3.8, 4) is 17.2 Å². The van der Waals surface area contributed by atoms with Crippen molar-refractivity contribution in [3.05, 3.63) is 54.1 Å². The van der Waals surface area contributed by atoms with Crippen LogP contribution in [0.5, 0.6) is 17.2 Å². The van der Waals surface area contributed by atoms with Crippen molar-refractivity contribution in [3.63, 3.8) is 0 Å². The predicted molar refractivity (Wildman–Crippen MR) is 128 cm³/mol. The van der Waals surface area contributed by atoms with Crippen LogP contribution in [0.1, 0.15) is 89.5 Å². The van der Waals surface area contributed by atoms with Crippen LogP contribution < -0.4 is 4.74 Å². The van der Waals surface area contributed by atoms with Crippen molar-refractivity contribution in [2.24, 2.45) is 0 Å². The van der Waals surface area contributed by atoms with Gasteiger partial charge in [-0.2, -0.15) is 0 Å². The molecule has 0 amide bonds. The summed E-state index contributed by atoms with van der Waals surface area (Å²) in [6.45, 7) is 5.00. The summed E-state index contributed by atoms with van der Waals surface area (Å²) in [4.78, 5) is 0. The molecule has 0 saturated heterocycles. The van der Waals surface area contributed by atoms with Gasteiger partial charge in [0.1, 0.15) is 17.2 Å². The molecule has 0 saturated carbocycles. The molecule has 0 radical (unpaired) electrons. The highest BCUT2D eigenvalue weighted by molar-refractivity contribution is 5.30. The Hall–Kier alpha value is -2.16. The van der Waals surface area contributed by atoms with Crippen LogP contribution in [0.2, 0.25) is 0 Å². The van der Waals surface area contributed by atoms with E-state index in [1.807, 2.05) is 31.2 Å². The highest BCUT2D eigenvalue weighted by atomic mass is 16.5. The van der Waals surface area contributed by atoms with E-state index >= 15 is 0 Å². The fourth-order valence-electron chi connectivity index (χ4n) is 3.30. The first kappa shape index (κ1) is 25.9. The average Bonchev–Trinajstić information content (AvgIpc) is 2.73. The van der Waals surface area contributed by atoms with Gasteiger partial charge < -0.3 is 14.9 Å². The molecule has 0 spiro atoms. The molecule has 0 aromatic heterocycles. The summed E-state index contributed by atoms with van der Waals surface area (Å²) >= 11 is 0. The summed E-state index contributed by atoms with van der Waals surface area (Å²) in [6, 6.07) is 14.1. The van der Waals surface area contributed by atoms with E-state index in [4.69, 9.17) is 9.84 Å². The largest absolute Gasteiger partial charge is 0.508 e. The van der Waals surface area contributed by atoms with Crippen LogP contribution in [-0.2, 0) is 0 Å². The van der Waals surface area contributed by atoms with Crippen molar-refractivity contribution < 1.29 is 14.9 Å². The number of aryl methyl sites for hydroxylation is 1. The topological polar surface area (TPSA) is 49.7 Å². The Morgan fingerprint density at radius 1 is 0.633 bits per heavy atom. The molecule has 168 valence electrons. The lowest BCUT2D eigenvalue weighted by Crippen LogP contribution is -1.96. The molecule has 0 aliphatic rings. The molecule has 0 aliphatic heterocycles. The van der Waals surface area contributed by atoms with Gasteiger partial charge in [-0.05, 0) is 55.3 Å². The van der Waals surface area contributed by atoms with Crippen LogP contribution in [0.3, 0.4) is 0 Å². The van der Waals surface area contributed by atoms with E-state index in [1.54, 1.807) is 24.3 Å². The van der Waals surface area contributed by atoms with E-state index in [0.29, 0.717) is 5.75 Å². The zero-order valence-corrected chi connectivity index (χ0v) is 19.1. The highest BCUT2D eigenvalue weighted by Crippen LogP contribution is 2.17. The minimum absolute atomic E-state index is 0.290. The zero-order chi connectivity index (χ0) is 21.9. The second-order valence-electron chi connectivity index (χ2n) is 8.07. The number of unbranched alkanes of at least 4 members (excludes halogenated alkanes) is 11. The molecule has 0 unspecified atom stereocenters. The summed E-state index contributed by atoms with van der Waals surface area (Å²) < 4.78 is 5.64. The molecule has 0 atom stereocenters. The number of benzene rings is 2. The first-order chi connectivity index (χ1) is 14.6. The van der Waals surface area contributed by atoms with Crippen molar-refractivity contribution in [1.82, 2.24) is 0 Å². The maximum Gasteiger partial charge on any atom is 0.119 e. The zero-order valence-electron chi connectivity index (χ0n) is 19.1. The molecule has 0 aliphatic carbocycles. The number of hydrogen-bond donors (Lipinski definition) is 2. The fourth-order valence-corrected chi connectivity index (χ4v) is 3.30. The lowest BCUT2D eigenvalue weighted by atomic mass is 10.1. The highest BCUT2D eigenvalue weighted by Gasteiger charge is 1.96. The summed E-state index contributed by atoms with van der Waals surface area (Å²) in [7, 11) is 0. The monoisotopic (exact) mass is 414 g/mol. The van der Waals surface area contributed by atoms with Crippen LogP contribution >= 0.6 is 0 Å². The van der Waals surface area contributed by atoms with Gasteiger partial charge in [-0.15, -0.1) is 0 Å². The second kappa shape index (κ2) is 17.7. The lowest BCUT2D eigenvalue weighted by molar-refractivity contribution is 0.303. The molecule has 2 aromatic carbocycles. The van der Waals surface area contributed by atoms with Gasteiger partial charge >= 0.3 is 0 Å². The lowest BCUT2D eigenvalue weighted by Gasteiger charge is -2.06. The van der Waals surface area contributed by atoms with Crippen molar-refractivity contribution >= 4 is 0 Å². The number of rotatable bonds is 14. The van der Waals surface area contributed by atoms with E-state index in [1.165, 1.54) is 70.6 Å². The molecule has 2 N–H and O–H groups in total. The van der Waals surface area contributed by atoms with Gasteiger partial charge in [-0.3, -0.25) is 0 Å². The van der Waals surface area contributed by atoms with Crippen LogP contribution in [0, 0.1) is 6.92 Å². The quantitative estimate of drug-likeness (QED) is 0.306. The van der Waals surface area contributed by atoms with E-state index in [9.17, 15) is 5.11 Å². The van der Waals surface area contributed by atoms with Crippen molar-refractivity contribution in [1.29, 1.82) is 0 Å². The van der Waals surface area contributed by atoms with Crippen LogP contribution in [0.25, 0.3) is 0 Å². The molecule has 3 nitrogen and oxygen atoms in total. The number of aromatic hydroxyl groups is 2. The van der Waals surface area contributed by atoms with E-state index < -0.39 is 0 Å². The first-order valence-electron chi connectivity index (χ1n) is 11.8. The summed E-state index contributed by atoms with van der Waals surface area (Å²) in [5, 5.41) is 18.0. The molecule has 2 aromatic rings. The van der Waals surface area contributed by atoms with Gasteiger partial charge in [0, 0.05) is 0 Å². The Labute approximate surface area is 184 Å². The van der Waals surface area contributed by atoms with Crippen molar-refractivity contribution in [2.75, 3.05) is 6.61 Å². The normalized spacial score (nSPS) is 10.3. The van der Waals surface area contributed by atoms with E-state index in [-0.39, 0.29) is 5.75 Å². The summed E-state index contributed by atoms with van der Waals surface area (Å²) in [5.41, 5.74) is 1.09. The molecule has 3 heteroatoms. The van der Waals surface area contributed by atoms with Crippen LogP contribution in [0.4, 0.5) is 0 Å². The van der Waals surface area contributed by atoms with Gasteiger partial charge in [-0.1, -0.05) is 89.7 Å². The molecule has 30 heavy (non-hydrogen) atoms. The Morgan fingerprint density at radius 2 is 1.17 bits per heavy atom. The molecule has 0 fully saturated rings. The standard InChI is InChI=1S/C20H34O2.C7H8O/c1-2-3-4-5-6-7-8-9-10-11-12-13-18-22-20-16-14-19(21)15-17-20;1-6-3-2-4-7(8)5-6/h14-17,21H,2-13,18H2,1H3;2-5,8H,1H3. The smallest absolute Gasteiger partial charge is 0.119 e. The van der Waals surface area contributed by atoms with Crippen LogP contribution in [0.15, 0.2) is 48.5 Å². The minimum atomic E-state index is 0.290. The number of hydrogen-bond acceptors (Lipinski definition) is 3. The van der Waals surface area contributed by atoms with Gasteiger partial charge in [0.15, 0.2) is 0 Å². The Kier molecular flexibility index (Phi) is 15.2. The summed E-state index contributed by atoms with van der Waals surface area (Å²) in [6.07, 6.45) is 16.4. The number of phenolic OH excluding ortho intramolecular Hbond substituents is 2. The second-order valence-corrected chi connectivity index (χ2v) is 8.07. The van der Waals surface area contributed by atoms with Crippen LogP contribution in [-0.4, -0.2) is 16.8 Å². The Morgan fingerprint density at radius 3 is 1.63 bits per heavy atom. The molecular formula is C27H42O3. The Bertz CT molecular complexity index is 620. The third-order valence-electron chi connectivity index (χ3n) is 5.10.